The van der Waals surface area contributed by atoms with Crippen LogP contribution in [-0.2, 0) is 33.1 Å². The molecule has 1 heterocycles. The number of hydrogen-bond donors (Lipinski definition) is 4. The van der Waals surface area contributed by atoms with Crippen LogP contribution in [-0.4, -0.2) is 32.1 Å². The molecule has 1 aliphatic rings. The van der Waals surface area contributed by atoms with Crippen LogP contribution in [0.15, 0.2) is 90.0 Å². The third-order valence-electron chi connectivity index (χ3n) is 6.31. The molecule has 0 saturated heterocycles. The summed E-state index contributed by atoms with van der Waals surface area (Å²) in [5, 5.41) is 6.07. The summed E-state index contributed by atoms with van der Waals surface area (Å²) in [4.78, 5) is 9.02. The van der Waals surface area contributed by atoms with Gasteiger partial charge in [-0.15, -0.1) is 0 Å². The number of aromatic nitrogens is 2. The number of nitrogens with zero attached hydrogens (tertiary/aromatic N) is 2. The van der Waals surface area contributed by atoms with E-state index in [0.29, 0.717) is 24.3 Å². The van der Waals surface area contributed by atoms with Crippen molar-refractivity contribution in [3.8, 4) is 0 Å². The Morgan fingerprint density at radius 2 is 1.45 bits per heavy atom. The number of anilines is 4. The predicted octanol–water partition coefficient (Wildman–Crippen LogP) is 4.33. The third-order valence-corrected chi connectivity index (χ3v) is 9.61. The lowest BCUT2D eigenvalue weighted by atomic mass is 10.2. The maximum absolute atomic E-state index is 12.9. The van der Waals surface area contributed by atoms with Crippen LogP contribution in [0, 0.1) is 6.92 Å². The van der Waals surface area contributed by atoms with Gasteiger partial charge in [-0.3, -0.25) is 0 Å². The summed E-state index contributed by atoms with van der Waals surface area (Å²) in [7, 11) is -7.00. The SMILES string of the molecule is Cc1cnc(Nc2cccc(S(=O)(=O)NCc3ccccc3)c2)nc1Nc1cccc(CNS(=O)(=O)C2CC2)c1. The van der Waals surface area contributed by atoms with Gasteiger partial charge in [0, 0.05) is 36.2 Å². The van der Waals surface area contributed by atoms with Gasteiger partial charge in [0.25, 0.3) is 0 Å². The van der Waals surface area contributed by atoms with Crippen molar-refractivity contribution in [2.24, 2.45) is 0 Å². The first-order valence-corrected chi connectivity index (χ1v) is 15.8. The standard InChI is InChI=1S/C28H30N6O4S2/c1-20-17-29-28(33-24-11-6-12-26(16-24)40(37,38)30-18-21-7-3-2-4-8-21)34-27(20)32-23-10-5-9-22(15-23)19-31-39(35,36)25-13-14-25/h2-12,15-17,25,30-31H,13-14,18-19H2,1H3,(H2,29,32,33,34). The van der Waals surface area contributed by atoms with Crippen LogP contribution in [0.2, 0.25) is 0 Å². The average molecular weight is 579 g/mol. The number of hydrogen-bond acceptors (Lipinski definition) is 8. The first-order chi connectivity index (χ1) is 19.2. The molecule has 4 aromatic rings. The van der Waals surface area contributed by atoms with Crippen molar-refractivity contribution < 1.29 is 16.8 Å². The topological polar surface area (TPSA) is 142 Å². The van der Waals surface area contributed by atoms with Crippen molar-refractivity contribution in [2.45, 2.75) is 43.0 Å². The Kier molecular flexibility index (Phi) is 8.12. The second-order valence-electron chi connectivity index (χ2n) is 9.58. The Hall–Kier alpha value is -3.84. The van der Waals surface area contributed by atoms with Crippen molar-refractivity contribution >= 4 is 43.2 Å². The van der Waals surface area contributed by atoms with E-state index < -0.39 is 20.0 Å². The number of rotatable bonds is 12. The van der Waals surface area contributed by atoms with Gasteiger partial charge >= 0.3 is 0 Å². The molecule has 4 N–H and O–H groups in total. The van der Waals surface area contributed by atoms with Crippen molar-refractivity contribution in [1.29, 1.82) is 0 Å². The minimum Gasteiger partial charge on any atom is -0.340 e. The molecule has 1 fully saturated rings. The van der Waals surface area contributed by atoms with Gasteiger partial charge in [0.1, 0.15) is 5.82 Å². The van der Waals surface area contributed by atoms with Gasteiger partial charge in [0.05, 0.1) is 10.1 Å². The quantitative estimate of drug-likeness (QED) is 0.195. The van der Waals surface area contributed by atoms with Crippen LogP contribution in [0.25, 0.3) is 0 Å². The minimum absolute atomic E-state index is 0.119. The molecule has 0 spiro atoms. The van der Waals surface area contributed by atoms with Crippen molar-refractivity contribution in [3.05, 3.63) is 102 Å². The fourth-order valence-corrected chi connectivity index (χ4v) is 6.36. The fourth-order valence-electron chi connectivity index (χ4n) is 3.93. The Morgan fingerprint density at radius 1 is 0.775 bits per heavy atom. The molecule has 0 amide bonds. The highest BCUT2D eigenvalue weighted by Gasteiger charge is 2.35. The molecule has 0 radical (unpaired) electrons. The summed E-state index contributed by atoms with van der Waals surface area (Å²) >= 11 is 0. The van der Waals surface area contributed by atoms with Gasteiger partial charge in [-0.2, -0.15) is 4.98 Å². The van der Waals surface area contributed by atoms with E-state index in [1.807, 2.05) is 61.5 Å². The summed E-state index contributed by atoms with van der Waals surface area (Å²) in [5.41, 5.74) is 3.74. The minimum atomic E-state index is -3.73. The highest BCUT2D eigenvalue weighted by Crippen LogP contribution is 2.28. The Morgan fingerprint density at radius 3 is 2.20 bits per heavy atom. The molecule has 0 unspecified atom stereocenters. The largest absolute Gasteiger partial charge is 0.340 e. The molecule has 208 valence electrons. The maximum Gasteiger partial charge on any atom is 0.240 e. The van der Waals surface area contributed by atoms with Crippen LogP contribution >= 0.6 is 0 Å². The Balaban J connectivity index is 1.26. The van der Waals surface area contributed by atoms with E-state index in [1.54, 1.807) is 18.3 Å². The molecule has 1 saturated carbocycles. The molecule has 40 heavy (non-hydrogen) atoms. The highest BCUT2D eigenvalue weighted by atomic mass is 32.2. The van der Waals surface area contributed by atoms with Crippen molar-refractivity contribution in [2.75, 3.05) is 10.6 Å². The fraction of sp³-hybridized carbons (Fsp3) is 0.214. The van der Waals surface area contributed by atoms with Crippen LogP contribution < -0.4 is 20.1 Å². The number of sulfonamides is 2. The van der Waals surface area contributed by atoms with E-state index in [4.69, 9.17) is 0 Å². The zero-order valence-corrected chi connectivity index (χ0v) is 23.5. The van der Waals surface area contributed by atoms with E-state index in [0.717, 1.165) is 22.4 Å². The van der Waals surface area contributed by atoms with E-state index in [2.05, 4.69) is 30.0 Å². The predicted molar refractivity (Wildman–Crippen MR) is 155 cm³/mol. The second-order valence-corrected chi connectivity index (χ2v) is 13.4. The summed E-state index contributed by atoms with van der Waals surface area (Å²) < 4.78 is 55.3. The molecular weight excluding hydrogens is 548 g/mol. The van der Waals surface area contributed by atoms with Gasteiger partial charge in [-0.1, -0.05) is 48.5 Å². The van der Waals surface area contributed by atoms with Crippen LogP contribution in [0.3, 0.4) is 0 Å². The molecule has 5 rings (SSSR count). The molecule has 12 heteroatoms. The van der Waals surface area contributed by atoms with Gasteiger partial charge < -0.3 is 10.6 Å². The monoisotopic (exact) mass is 578 g/mol. The lowest BCUT2D eigenvalue weighted by Gasteiger charge is -2.13. The maximum atomic E-state index is 12.9. The molecule has 10 nitrogen and oxygen atoms in total. The lowest BCUT2D eigenvalue weighted by Crippen LogP contribution is -2.26. The second kappa shape index (κ2) is 11.7. The smallest absolute Gasteiger partial charge is 0.240 e. The summed E-state index contributed by atoms with van der Waals surface area (Å²) in [6.45, 7) is 2.26. The molecule has 0 bridgehead atoms. The first-order valence-electron chi connectivity index (χ1n) is 12.8. The molecule has 0 aliphatic heterocycles. The number of nitrogens with one attached hydrogen (secondary N) is 4. The van der Waals surface area contributed by atoms with Crippen molar-refractivity contribution in [3.63, 3.8) is 0 Å². The van der Waals surface area contributed by atoms with Crippen LogP contribution in [0.5, 0.6) is 0 Å². The van der Waals surface area contributed by atoms with Crippen LogP contribution in [0.1, 0.15) is 29.5 Å². The Bertz CT molecular complexity index is 1710. The molecule has 1 aromatic heterocycles. The number of benzene rings is 3. The Labute approximate surface area is 234 Å². The first kappa shape index (κ1) is 27.7. The lowest BCUT2D eigenvalue weighted by molar-refractivity contribution is 0.579. The van der Waals surface area contributed by atoms with Crippen molar-refractivity contribution in [1.82, 2.24) is 19.4 Å². The summed E-state index contributed by atoms with van der Waals surface area (Å²) in [6.07, 6.45) is 3.09. The average Bonchev–Trinajstić information content (AvgIpc) is 3.81. The van der Waals surface area contributed by atoms with E-state index in [9.17, 15) is 16.8 Å². The third kappa shape index (κ3) is 7.21. The normalized spacial score (nSPS) is 13.6. The molecule has 0 atom stereocenters. The summed E-state index contributed by atoms with van der Waals surface area (Å²) in [6, 6.07) is 23.2. The molecule has 3 aromatic carbocycles. The van der Waals surface area contributed by atoms with Gasteiger partial charge in [0.15, 0.2) is 0 Å². The van der Waals surface area contributed by atoms with Gasteiger partial charge in [-0.05, 0) is 61.2 Å². The number of aryl methyl sites for hydroxylation is 1. The van der Waals surface area contributed by atoms with Crippen LogP contribution in [0.4, 0.5) is 23.1 Å². The molecular formula is C28H30N6O4S2. The van der Waals surface area contributed by atoms with Gasteiger partial charge in [-0.25, -0.2) is 31.3 Å². The van der Waals surface area contributed by atoms with E-state index in [-0.39, 0.29) is 29.2 Å². The zero-order chi connectivity index (χ0) is 28.2. The summed E-state index contributed by atoms with van der Waals surface area (Å²) in [5.74, 6) is 0.842. The van der Waals surface area contributed by atoms with E-state index >= 15 is 0 Å². The highest BCUT2D eigenvalue weighted by molar-refractivity contribution is 7.90. The van der Waals surface area contributed by atoms with E-state index in [1.165, 1.54) is 12.1 Å². The molecule has 1 aliphatic carbocycles. The van der Waals surface area contributed by atoms with Gasteiger partial charge in [0.2, 0.25) is 26.0 Å². The zero-order valence-electron chi connectivity index (χ0n) is 21.8.